The predicted molar refractivity (Wildman–Crippen MR) is 80.4 cm³/mol. The van der Waals surface area contributed by atoms with Crippen LogP contribution in [0.2, 0.25) is 5.02 Å². The summed E-state index contributed by atoms with van der Waals surface area (Å²) in [6.45, 7) is 0. The Bertz CT molecular complexity index is 811. The number of sulfone groups is 1. The average molecular weight is 328 g/mol. The zero-order valence-electron chi connectivity index (χ0n) is 11.4. The summed E-state index contributed by atoms with van der Waals surface area (Å²) in [7, 11) is -1.42. The summed E-state index contributed by atoms with van der Waals surface area (Å²) >= 11 is 5.90. The van der Waals surface area contributed by atoms with E-state index in [9.17, 15) is 13.2 Å². The molecule has 1 amide bonds. The molecule has 1 saturated heterocycles. The minimum absolute atomic E-state index is 0.0152. The van der Waals surface area contributed by atoms with E-state index in [1.165, 1.54) is 4.90 Å². The number of halogens is 1. The summed E-state index contributed by atoms with van der Waals surface area (Å²) in [5, 5.41) is 1.32. The fourth-order valence-electron chi connectivity index (χ4n) is 2.54. The quantitative estimate of drug-likeness (QED) is 0.849. The van der Waals surface area contributed by atoms with Gasteiger partial charge < -0.3 is 9.32 Å². The number of benzene rings is 1. The Balaban J connectivity index is 1.86. The second kappa shape index (κ2) is 5.03. The lowest BCUT2D eigenvalue weighted by Crippen LogP contribution is -2.37. The van der Waals surface area contributed by atoms with Crippen LogP contribution in [-0.2, 0) is 9.84 Å². The highest BCUT2D eigenvalue weighted by Gasteiger charge is 2.33. The molecule has 1 atom stereocenters. The van der Waals surface area contributed by atoms with Crippen molar-refractivity contribution in [1.82, 2.24) is 4.90 Å². The lowest BCUT2D eigenvalue weighted by Gasteiger charge is -2.22. The summed E-state index contributed by atoms with van der Waals surface area (Å²) in [6, 6.07) is 6.45. The van der Waals surface area contributed by atoms with Crippen LogP contribution in [0.4, 0.5) is 0 Å². The van der Waals surface area contributed by atoms with E-state index in [0.29, 0.717) is 17.0 Å². The smallest absolute Gasteiger partial charge is 0.289 e. The van der Waals surface area contributed by atoms with Crippen molar-refractivity contribution < 1.29 is 17.6 Å². The summed E-state index contributed by atoms with van der Waals surface area (Å²) in [5.74, 6) is 0.0234. The van der Waals surface area contributed by atoms with Gasteiger partial charge in [0.05, 0.1) is 11.5 Å². The number of carbonyl (C=O) groups is 1. The number of amides is 1. The summed E-state index contributed by atoms with van der Waals surface area (Å²) in [4.78, 5) is 13.8. The standard InChI is InChI=1S/C14H14ClNO4S/c1-16(11-4-5-21(18,19)8-11)14(17)13-7-9-6-10(15)2-3-12(9)20-13/h2-3,6-7,11H,4-5,8H2,1H3/t11-/m0/s1. The molecular formula is C14H14ClNO4S. The van der Waals surface area contributed by atoms with Crippen LogP contribution >= 0.6 is 11.6 Å². The molecule has 1 aliphatic heterocycles. The van der Waals surface area contributed by atoms with Gasteiger partial charge in [0.1, 0.15) is 5.58 Å². The van der Waals surface area contributed by atoms with Crippen LogP contribution in [0, 0.1) is 0 Å². The van der Waals surface area contributed by atoms with Crippen LogP contribution in [-0.4, -0.2) is 43.8 Å². The fourth-order valence-corrected chi connectivity index (χ4v) is 4.50. The van der Waals surface area contributed by atoms with Gasteiger partial charge in [-0.15, -0.1) is 0 Å². The maximum atomic E-state index is 12.4. The van der Waals surface area contributed by atoms with Gasteiger partial charge >= 0.3 is 0 Å². The summed E-state index contributed by atoms with van der Waals surface area (Å²) < 4.78 is 28.5. The van der Waals surface area contributed by atoms with Gasteiger partial charge in [0, 0.05) is 23.5 Å². The molecular weight excluding hydrogens is 314 g/mol. The van der Waals surface area contributed by atoms with E-state index in [-0.39, 0.29) is 29.2 Å². The molecule has 2 heterocycles. The monoisotopic (exact) mass is 327 g/mol. The predicted octanol–water partition coefficient (Wildman–Crippen LogP) is 2.35. The molecule has 112 valence electrons. The number of furan rings is 1. The third kappa shape index (κ3) is 2.78. The first-order chi connectivity index (χ1) is 9.85. The Morgan fingerprint density at radius 3 is 2.81 bits per heavy atom. The maximum absolute atomic E-state index is 12.4. The van der Waals surface area contributed by atoms with Gasteiger partial charge in [0.2, 0.25) is 0 Å². The molecule has 1 aromatic heterocycles. The number of nitrogens with zero attached hydrogens (tertiary/aromatic N) is 1. The molecule has 0 saturated carbocycles. The van der Waals surface area contributed by atoms with Gasteiger partial charge in [-0.05, 0) is 30.7 Å². The van der Waals surface area contributed by atoms with E-state index in [4.69, 9.17) is 16.0 Å². The number of fused-ring (bicyclic) bond motifs is 1. The number of carbonyl (C=O) groups excluding carboxylic acids is 1. The van der Waals surface area contributed by atoms with E-state index in [0.717, 1.165) is 5.39 Å². The molecule has 0 aliphatic carbocycles. The van der Waals surface area contributed by atoms with Crippen LogP contribution in [0.5, 0.6) is 0 Å². The summed E-state index contributed by atoms with van der Waals surface area (Å²) in [6.07, 6.45) is 0.469. The van der Waals surface area contributed by atoms with Gasteiger partial charge in [0.15, 0.2) is 15.6 Å². The molecule has 0 N–H and O–H groups in total. The normalized spacial score (nSPS) is 20.8. The Kier molecular flexibility index (Phi) is 3.45. The molecule has 0 bridgehead atoms. The highest BCUT2D eigenvalue weighted by Crippen LogP contribution is 2.25. The highest BCUT2D eigenvalue weighted by atomic mass is 35.5. The minimum atomic E-state index is -3.03. The van der Waals surface area contributed by atoms with E-state index < -0.39 is 9.84 Å². The molecule has 2 aromatic rings. The maximum Gasteiger partial charge on any atom is 0.289 e. The number of hydrogen-bond acceptors (Lipinski definition) is 4. The third-order valence-electron chi connectivity index (χ3n) is 3.77. The van der Waals surface area contributed by atoms with E-state index in [1.54, 1.807) is 31.3 Å². The highest BCUT2D eigenvalue weighted by molar-refractivity contribution is 7.91. The van der Waals surface area contributed by atoms with Crippen molar-refractivity contribution in [1.29, 1.82) is 0 Å². The van der Waals surface area contributed by atoms with Crippen molar-refractivity contribution in [3.63, 3.8) is 0 Å². The molecule has 1 fully saturated rings. The molecule has 1 aromatic carbocycles. The van der Waals surface area contributed by atoms with E-state index in [1.807, 2.05) is 0 Å². The van der Waals surface area contributed by atoms with Crippen molar-refractivity contribution in [3.8, 4) is 0 Å². The van der Waals surface area contributed by atoms with Crippen LogP contribution < -0.4 is 0 Å². The van der Waals surface area contributed by atoms with Gasteiger partial charge in [0.25, 0.3) is 5.91 Å². The van der Waals surface area contributed by atoms with E-state index in [2.05, 4.69) is 0 Å². The lowest BCUT2D eigenvalue weighted by molar-refractivity contribution is 0.0718. The van der Waals surface area contributed by atoms with Crippen molar-refractivity contribution in [2.45, 2.75) is 12.5 Å². The first kappa shape index (κ1) is 14.4. The molecule has 5 nitrogen and oxygen atoms in total. The van der Waals surface area contributed by atoms with Gasteiger partial charge in [-0.2, -0.15) is 0 Å². The van der Waals surface area contributed by atoms with Gasteiger partial charge in [-0.3, -0.25) is 4.79 Å². The van der Waals surface area contributed by atoms with E-state index >= 15 is 0 Å². The molecule has 7 heteroatoms. The first-order valence-electron chi connectivity index (χ1n) is 6.52. The second-order valence-electron chi connectivity index (χ2n) is 5.27. The summed E-state index contributed by atoms with van der Waals surface area (Å²) in [5.41, 5.74) is 0.579. The van der Waals surface area contributed by atoms with Crippen LogP contribution in [0.3, 0.4) is 0 Å². The zero-order valence-corrected chi connectivity index (χ0v) is 12.9. The van der Waals surface area contributed by atoms with Crippen LogP contribution in [0.25, 0.3) is 11.0 Å². The molecule has 21 heavy (non-hydrogen) atoms. The topological polar surface area (TPSA) is 67.6 Å². The molecule has 0 unspecified atom stereocenters. The second-order valence-corrected chi connectivity index (χ2v) is 7.93. The molecule has 0 spiro atoms. The Hall–Kier alpha value is -1.53. The Morgan fingerprint density at radius 2 is 2.14 bits per heavy atom. The van der Waals surface area contributed by atoms with Crippen molar-refractivity contribution >= 4 is 38.3 Å². The van der Waals surface area contributed by atoms with Gasteiger partial charge in [-0.25, -0.2) is 8.42 Å². The molecule has 0 radical (unpaired) electrons. The van der Waals surface area contributed by atoms with Crippen LogP contribution in [0.1, 0.15) is 17.0 Å². The largest absolute Gasteiger partial charge is 0.451 e. The molecule has 1 aliphatic rings. The van der Waals surface area contributed by atoms with Crippen LogP contribution in [0.15, 0.2) is 28.7 Å². The SMILES string of the molecule is CN(C(=O)c1cc2cc(Cl)ccc2o1)[C@H]1CCS(=O)(=O)C1. The van der Waals surface area contributed by atoms with Crippen molar-refractivity contribution in [2.24, 2.45) is 0 Å². The third-order valence-corrected chi connectivity index (χ3v) is 5.75. The zero-order chi connectivity index (χ0) is 15.2. The lowest BCUT2D eigenvalue weighted by atomic mass is 10.2. The van der Waals surface area contributed by atoms with Gasteiger partial charge in [-0.1, -0.05) is 11.6 Å². The van der Waals surface area contributed by atoms with Crippen molar-refractivity contribution in [2.75, 3.05) is 18.6 Å². The number of hydrogen-bond donors (Lipinski definition) is 0. The Labute approximate surface area is 127 Å². The Morgan fingerprint density at radius 1 is 1.38 bits per heavy atom. The first-order valence-corrected chi connectivity index (χ1v) is 8.72. The number of rotatable bonds is 2. The fraction of sp³-hybridized carbons (Fsp3) is 0.357. The molecule has 3 rings (SSSR count). The minimum Gasteiger partial charge on any atom is -0.451 e. The van der Waals surface area contributed by atoms with Crippen molar-refractivity contribution in [3.05, 3.63) is 35.0 Å². The average Bonchev–Trinajstić information content (AvgIpc) is 2.99.